The molecule has 1 aliphatic rings. The molecule has 4 rings (SSSR count). The molecular formula is C19H16N4O3S2. The van der Waals surface area contributed by atoms with Crippen LogP contribution in [-0.2, 0) is 14.8 Å². The predicted molar refractivity (Wildman–Crippen MR) is 109 cm³/mol. The monoisotopic (exact) mass is 412 g/mol. The fourth-order valence-corrected chi connectivity index (χ4v) is 4.74. The van der Waals surface area contributed by atoms with Crippen LogP contribution in [0.3, 0.4) is 0 Å². The number of carbonyl (C=O) groups excluding carboxylic acids is 1. The zero-order chi connectivity index (χ0) is 19.7. The Morgan fingerprint density at radius 2 is 1.93 bits per heavy atom. The van der Waals surface area contributed by atoms with Crippen molar-refractivity contribution >= 4 is 38.2 Å². The summed E-state index contributed by atoms with van der Waals surface area (Å²) in [6, 6.07) is 14.5. The van der Waals surface area contributed by atoms with Crippen molar-refractivity contribution in [3.8, 4) is 11.3 Å². The first-order valence-electron chi connectivity index (χ1n) is 8.41. The first-order chi connectivity index (χ1) is 13.4. The van der Waals surface area contributed by atoms with Crippen molar-refractivity contribution in [1.29, 1.82) is 0 Å². The summed E-state index contributed by atoms with van der Waals surface area (Å²) in [7, 11) is -3.61. The van der Waals surface area contributed by atoms with E-state index in [1.165, 1.54) is 17.4 Å². The van der Waals surface area contributed by atoms with Crippen LogP contribution >= 0.6 is 11.3 Å². The van der Waals surface area contributed by atoms with Gasteiger partial charge in [0.25, 0.3) is 10.0 Å². The van der Waals surface area contributed by atoms with Crippen LogP contribution in [-0.4, -0.2) is 31.7 Å². The summed E-state index contributed by atoms with van der Waals surface area (Å²) in [6.45, 7) is 1.80. The van der Waals surface area contributed by atoms with Gasteiger partial charge in [-0.2, -0.15) is 0 Å². The van der Waals surface area contributed by atoms with E-state index in [0.717, 1.165) is 16.8 Å². The molecule has 142 valence electrons. The topological polar surface area (TPSA) is 101 Å². The third-order valence-electron chi connectivity index (χ3n) is 4.14. The lowest BCUT2D eigenvalue weighted by atomic mass is 10.1. The highest BCUT2D eigenvalue weighted by Crippen LogP contribution is 2.25. The van der Waals surface area contributed by atoms with Crippen molar-refractivity contribution in [3.63, 3.8) is 0 Å². The zero-order valence-corrected chi connectivity index (χ0v) is 16.5. The smallest absolute Gasteiger partial charge is 0.263 e. The Morgan fingerprint density at radius 1 is 1.18 bits per heavy atom. The number of hydrogen-bond acceptors (Lipinski definition) is 6. The Morgan fingerprint density at radius 3 is 2.71 bits per heavy atom. The van der Waals surface area contributed by atoms with Gasteiger partial charge in [-0.05, 0) is 19.1 Å². The molecule has 0 aliphatic carbocycles. The summed E-state index contributed by atoms with van der Waals surface area (Å²) in [5.74, 6) is -0.203. The summed E-state index contributed by atoms with van der Waals surface area (Å²) < 4.78 is 26.5. The average Bonchev–Trinajstić information content (AvgIpc) is 3.23. The number of aryl methyl sites for hydroxylation is 1. The van der Waals surface area contributed by atoms with Crippen molar-refractivity contribution in [2.75, 3.05) is 11.9 Å². The number of rotatable bonds is 4. The maximum absolute atomic E-state index is 12.2. The molecule has 0 spiro atoms. The summed E-state index contributed by atoms with van der Waals surface area (Å²) >= 11 is 1.32. The Balaban J connectivity index is 1.45. The highest BCUT2D eigenvalue weighted by molar-refractivity contribution is 7.90. The molecule has 0 saturated heterocycles. The molecule has 3 aromatic rings. The molecule has 2 aromatic carbocycles. The van der Waals surface area contributed by atoms with Crippen LogP contribution in [0.15, 0.2) is 63.8 Å². The van der Waals surface area contributed by atoms with Gasteiger partial charge in [-0.15, -0.1) is 11.3 Å². The summed E-state index contributed by atoms with van der Waals surface area (Å²) in [5.41, 5.74) is 3.38. The van der Waals surface area contributed by atoms with Crippen molar-refractivity contribution in [2.24, 2.45) is 4.99 Å². The molecule has 0 saturated carbocycles. The molecule has 2 N–H and O–H groups in total. The number of amides is 1. The summed E-state index contributed by atoms with van der Waals surface area (Å²) in [6.07, 6.45) is 0. The van der Waals surface area contributed by atoms with Gasteiger partial charge < -0.3 is 5.32 Å². The number of carbonyl (C=O) groups is 1. The highest BCUT2D eigenvalue weighted by atomic mass is 32.2. The molecule has 0 bridgehead atoms. The Kier molecular flexibility index (Phi) is 4.70. The third-order valence-corrected chi connectivity index (χ3v) is 6.30. The van der Waals surface area contributed by atoms with Crippen molar-refractivity contribution < 1.29 is 13.2 Å². The van der Waals surface area contributed by atoms with E-state index in [9.17, 15) is 13.2 Å². The van der Waals surface area contributed by atoms with E-state index in [1.54, 1.807) is 18.2 Å². The fraction of sp³-hybridized carbons (Fsp3) is 0.105. The van der Waals surface area contributed by atoms with Crippen LogP contribution in [0.1, 0.15) is 11.1 Å². The van der Waals surface area contributed by atoms with E-state index < -0.39 is 10.0 Å². The van der Waals surface area contributed by atoms with Crippen molar-refractivity contribution in [3.05, 3.63) is 65.0 Å². The minimum Gasteiger partial charge on any atom is -0.300 e. The Bertz CT molecular complexity index is 1180. The maximum atomic E-state index is 12.2. The van der Waals surface area contributed by atoms with Gasteiger partial charge in [-0.3, -0.25) is 14.5 Å². The molecule has 1 aliphatic heterocycles. The summed E-state index contributed by atoms with van der Waals surface area (Å²) in [4.78, 5) is 20.9. The normalized spacial score (nSPS) is 15.8. The van der Waals surface area contributed by atoms with Crippen LogP contribution < -0.4 is 10.0 Å². The number of aliphatic imine (C=N–C) groups is 1. The quantitative estimate of drug-likeness (QED) is 0.688. The number of sulfonamides is 1. The van der Waals surface area contributed by atoms with E-state index >= 15 is 0 Å². The third kappa shape index (κ3) is 3.67. The average molecular weight is 412 g/mol. The lowest BCUT2D eigenvalue weighted by Gasteiger charge is -2.01. The van der Waals surface area contributed by atoms with Crippen LogP contribution in [0.25, 0.3) is 11.3 Å². The van der Waals surface area contributed by atoms with E-state index in [2.05, 4.69) is 20.0 Å². The maximum Gasteiger partial charge on any atom is 0.263 e. The molecule has 9 heteroatoms. The van der Waals surface area contributed by atoms with Crippen molar-refractivity contribution in [1.82, 2.24) is 9.71 Å². The lowest BCUT2D eigenvalue weighted by Crippen LogP contribution is -2.24. The van der Waals surface area contributed by atoms with Crippen LogP contribution in [0, 0.1) is 6.92 Å². The number of thiazole rings is 1. The van der Waals surface area contributed by atoms with Gasteiger partial charge in [0.05, 0.1) is 10.6 Å². The van der Waals surface area contributed by atoms with Gasteiger partial charge in [0.2, 0.25) is 5.91 Å². The number of benzene rings is 2. The second-order valence-electron chi connectivity index (χ2n) is 6.22. The number of aromatic nitrogens is 1. The molecule has 0 atom stereocenters. The van der Waals surface area contributed by atoms with Crippen LogP contribution in [0.5, 0.6) is 0 Å². The molecular weight excluding hydrogens is 396 g/mol. The molecule has 0 unspecified atom stereocenters. The van der Waals surface area contributed by atoms with Crippen molar-refractivity contribution in [2.45, 2.75) is 11.8 Å². The lowest BCUT2D eigenvalue weighted by molar-refractivity contribution is -0.114. The van der Waals surface area contributed by atoms with E-state index in [1.807, 2.05) is 36.6 Å². The molecule has 0 fully saturated rings. The van der Waals surface area contributed by atoms with Gasteiger partial charge in [-0.1, -0.05) is 42.0 Å². The molecule has 1 amide bonds. The zero-order valence-electron chi connectivity index (χ0n) is 14.8. The van der Waals surface area contributed by atoms with Gasteiger partial charge in [0, 0.05) is 16.5 Å². The van der Waals surface area contributed by atoms with Gasteiger partial charge in [0.15, 0.2) is 5.13 Å². The van der Waals surface area contributed by atoms with E-state index in [0.29, 0.717) is 10.7 Å². The van der Waals surface area contributed by atoms with Gasteiger partial charge >= 0.3 is 0 Å². The number of anilines is 1. The number of hydrogen-bond donors (Lipinski definition) is 2. The van der Waals surface area contributed by atoms with E-state index in [4.69, 9.17) is 0 Å². The molecule has 7 nitrogen and oxygen atoms in total. The first kappa shape index (κ1) is 18.3. The molecule has 28 heavy (non-hydrogen) atoms. The van der Waals surface area contributed by atoms with Gasteiger partial charge in [-0.25, -0.2) is 13.4 Å². The number of nitrogens with zero attached hydrogens (tertiary/aromatic N) is 2. The van der Waals surface area contributed by atoms with Gasteiger partial charge in [0.1, 0.15) is 12.4 Å². The SMILES string of the molecule is Cc1ccc(-c2csc(NC(=O)CN=C3NS(=O)(=O)c4ccccc43)n2)cc1. The number of amidine groups is 1. The second-order valence-corrected chi connectivity index (χ2v) is 8.73. The second kappa shape index (κ2) is 7.17. The Labute approximate surface area is 166 Å². The fourth-order valence-electron chi connectivity index (χ4n) is 2.75. The molecule has 2 heterocycles. The molecule has 1 aromatic heterocycles. The molecule has 0 radical (unpaired) electrons. The van der Waals surface area contributed by atoms with Crippen LogP contribution in [0.2, 0.25) is 0 Å². The first-order valence-corrected chi connectivity index (χ1v) is 10.8. The predicted octanol–water partition coefficient (Wildman–Crippen LogP) is 2.80. The highest BCUT2D eigenvalue weighted by Gasteiger charge is 2.30. The number of nitrogens with one attached hydrogen (secondary N) is 2. The number of fused-ring (bicyclic) bond motifs is 1. The summed E-state index contributed by atoms with van der Waals surface area (Å²) in [5, 5.41) is 5.03. The standard InChI is InChI=1S/C19H16N4O3S2/c1-12-6-8-13(9-7-12)15-11-27-19(21-15)22-17(24)10-20-18-14-4-2-3-5-16(14)28(25,26)23-18/h2-9,11H,10H2,1H3,(H,20,23)(H,21,22,24). The minimum absolute atomic E-state index is 0.164. The minimum atomic E-state index is -3.61. The Hall–Kier alpha value is -3.04. The van der Waals surface area contributed by atoms with Crippen LogP contribution in [0.4, 0.5) is 5.13 Å². The largest absolute Gasteiger partial charge is 0.300 e. The van der Waals surface area contributed by atoms with E-state index in [-0.39, 0.29) is 23.2 Å².